The number of hydrogen-bond acceptors (Lipinski definition) is 4. The molecule has 5 nitrogen and oxygen atoms in total. The molecule has 110 valence electrons. The van der Waals surface area contributed by atoms with E-state index in [0.29, 0.717) is 30.2 Å². The van der Waals surface area contributed by atoms with Gasteiger partial charge in [0.15, 0.2) is 0 Å². The van der Waals surface area contributed by atoms with Crippen molar-refractivity contribution in [2.45, 2.75) is 19.4 Å². The zero-order valence-corrected chi connectivity index (χ0v) is 12.1. The van der Waals surface area contributed by atoms with E-state index >= 15 is 0 Å². The highest BCUT2D eigenvalue weighted by atomic mass is 16.5. The number of methoxy groups -OCH3 is 2. The summed E-state index contributed by atoms with van der Waals surface area (Å²) in [7, 11) is 3.11. The van der Waals surface area contributed by atoms with Gasteiger partial charge in [-0.25, -0.2) is 0 Å². The van der Waals surface area contributed by atoms with Crippen molar-refractivity contribution >= 4 is 5.91 Å². The Labute approximate surface area is 119 Å². The second-order valence-electron chi connectivity index (χ2n) is 5.11. The fourth-order valence-electron chi connectivity index (χ4n) is 2.51. The van der Waals surface area contributed by atoms with Gasteiger partial charge in [0.25, 0.3) is 5.91 Å². The number of aliphatic hydroxyl groups is 1. The molecule has 0 aromatic heterocycles. The first-order valence-corrected chi connectivity index (χ1v) is 6.76. The van der Waals surface area contributed by atoms with Gasteiger partial charge in [0.05, 0.1) is 25.9 Å². The van der Waals surface area contributed by atoms with Crippen LogP contribution in [0.2, 0.25) is 0 Å². The van der Waals surface area contributed by atoms with Crippen molar-refractivity contribution in [3.8, 4) is 11.5 Å². The van der Waals surface area contributed by atoms with Gasteiger partial charge < -0.3 is 19.5 Å². The third-order valence-electron chi connectivity index (χ3n) is 3.83. The summed E-state index contributed by atoms with van der Waals surface area (Å²) < 4.78 is 10.4. The molecule has 0 saturated carbocycles. The molecule has 5 heteroatoms. The van der Waals surface area contributed by atoms with E-state index in [1.165, 1.54) is 7.11 Å². The van der Waals surface area contributed by atoms with Gasteiger partial charge in [-0.3, -0.25) is 4.79 Å². The normalized spacial score (nSPS) is 19.8. The number of hydrogen-bond donors (Lipinski definition) is 1. The van der Waals surface area contributed by atoms with E-state index in [4.69, 9.17) is 9.47 Å². The summed E-state index contributed by atoms with van der Waals surface area (Å²) in [5.41, 5.74) is 0.527. The van der Waals surface area contributed by atoms with Crippen LogP contribution in [0.5, 0.6) is 11.5 Å². The molecular weight excluding hydrogens is 258 g/mol. The third-order valence-corrected chi connectivity index (χ3v) is 3.83. The Bertz CT molecular complexity index is 487. The number of benzene rings is 1. The summed E-state index contributed by atoms with van der Waals surface area (Å²) >= 11 is 0. The van der Waals surface area contributed by atoms with Crippen LogP contribution in [-0.4, -0.2) is 49.3 Å². The summed E-state index contributed by atoms with van der Waals surface area (Å²) in [5, 5.41) is 9.61. The number of aliphatic hydroxyl groups excluding tert-OH is 1. The average molecular weight is 279 g/mol. The standard InChI is InChI=1S/C15H21NO4/c1-10(17)11-6-7-16(9-11)15(18)13-5-4-12(19-2)8-14(13)20-3/h4-5,8,10-11,17H,6-7,9H2,1-3H3. The first-order valence-electron chi connectivity index (χ1n) is 6.76. The van der Waals surface area contributed by atoms with Crippen LogP contribution >= 0.6 is 0 Å². The van der Waals surface area contributed by atoms with Crippen LogP contribution in [0.15, 0.2) is 18.2 Å². The van der Waals surface area contributed by atoms with E-state index in [1.807, 2.05) is 0 Å². The highest BCUT2D eigenvalue weighted by molar-refractivity contribution is 5.97. The van der Waals surface area contributed by atoms with Crippen LogP contribution in [0.1, 0.15) is 23.7 Å². The van der Waals surface area contributed by atoms with E-state index in [9.17, 15) is 9.90 Å². The number of amides is 1. The van der Waals surface area contributed by atoms with E-state index in [0.717, 1.165) is 6.42 Å². The van der Waals surface area contributed by atoms with Crippen LogP contribution in [-0.2, 0) is 0 Å². The number of ether oxygens (including phenoxy) is 2. The number of likely N-dealkylation sites (tertiary alicyclic amines) is 1. The monoisotopic (exact) mass is 279 g/mol. The van der Waals surface area contributed by atoms with Gasteiger partial charge in [-0.15, -0.1) is 0 Å². The van der Waals surface area contributed by atoms with E-state index in [-0.39, 0.29) is 17.9 Å². The molecule has 0 radical (unpaired) electrons. The van der Waals surface area contributed by atoms with Crippen molar-refractivity contribution in [3.05, 3.63) is 23.8 Å². The molecule has 0 bridgehead atoms. The molecule has 2 atom stereocenters. The summed E-state index contributed by atoms with van der Waals surface area (Å²) in [4.78, 5) is 14.3. The molecule has 2 unspecified atom stereocenters. The van der Waals surface area contributed by atoms with Gasteiger partial charge in [-0.2, -0.15) is 0 Å². The third kappa shape index (κ3) is 2.88. The first-order chi connectivity index (χ1) is 9.56. The lowest BCUT2D eigenvalue weighted by Gasteiger charge is -2.19. The Morgan fingerprint density at radius 3 is 2.70 bits per heavy atom. The molecule has 1 fully saturated rings. The van der Waals surface area contributed by atoms with Gasteiger partial charge in [0, 0.05) is 25.1 Å². The average Bonchev–Trinajstić information content (AvgIpc) is 2.95. The second kappa shape index (κ2) is 6.13. The Morgan fingerprint density at radius 1 is 1.40 bits per heavy atom. The van der Waals surface area contributed by atoms with Crippen molar-refractivity contribution in [1.82, 2.24) is 4.90 Å². The SMILES string of the molecule is COc1ccc(C(=O)N2CCC(C(C)O)C2)c(OC)c1. The second-order valence-corrected chi connectivity index (χ2v) is 5.11. The number of rotatable bonds is 4. The summed E-state index contributed by atoms with van der Waals surface area (Å²) in [6, 6.07) is 5.17. The van der Waals surface area contributed by atoms with Crippen molar-refractivity contribution in [3.63, 3.8) is 0 Å². The fourth-order valence-corrected chi connectivity index (χ4v) is 2.51. The molecule has 1 aromatic rings. The van der Waals surface area contributed by atoms with E-state index < -0.39 is 0 Å². The van der Waals surface area contributed by atoms with Crippen LogP contribution < -0.4 is 9.47 Å². The van der Waals surface area contributed by atoms with E-state index in [1.54, 1.807) is 37.1 Å². The summed E-state index contributed by atoms with van der Waals surface area (Å²) in [6.45, 7) is 3.03. The molecule has 1 amide bonds. The molecule has 1 N–H and O–H groups in total. The van der Waals surface area contributed by atoms with Gasteiger partial charge in [0.2, 0.25) is 0 Å². The molecule has 1 saturated heterocycles. The zero-order chi connectivity index (χ0) is 14.7. The topological polar surface area (TPSA) is 59.0 Å². The molecule has 1 aromatic carbocycles. The highest BCUT2D eigenvalue weighted by Gasteiger charge is 2.30. The lowest BCUT2D eigenvalue weighted by atomic mass is 10.0. The van der Waals surface area contributed by atoms with Crippen molar-refractivity contribution in [2.75, 3.05) is 27.3 Å². The summed E-state index contributed by atoms with van der Waals surface area (Å²) in [6.07, 6.45) is 0.451. The molecule has 2 rings (SSSR count). The van der Waals surface area contributed by atoms with Crippen molar-refractivity contribution in [1.29, 1.82) is 0 Å². The molecule has 0 aliphatic carbocycles. The van der Waals surface area contributed by atoms with Crippen LogP contribution in [0, 0.1) is 5.92 Å². The molecule has 0 spiro atoms. The number of nitrogens with zero attached hydrogens (tertiary/aromatic N) is 1. The van der Waals surface area contributed by atoms with Gasteiger partial charge in [-0.05, 0) is 25.5 Å². The Kier molecular flexibility index (Phi) is 4.49. The van der Waals surface area contributed by atoms with Gasteiger partial charge in [0.1, 0.15) is 11.5 Å². The Hall–Kier alpha value is -1.75. The molecule has 20 heavy (non-hydrogen) atoms. The van der Waals surface area contributed by atoms with Crippen LogP contribution in [0.25, 0.3) is 0 Å². The summed E-state index contributed by atoms with van der Waals surface area (Å²) in [5.74, 6) is 1.26. The van der Waals surface area contributed by atoms with Crippen molar-refractivity contribution in [2.24, 2.45) is 5.92 Å². The maximum atomic E-state index is 12.5. The molecule has 1 heterocycles. The maximum absolute atomic E-state index is 12.5. The molecular formula is C15H21NO4. The largest absolute Gasteiger partial charge is 0.497 e. The molecule has 1 aliphatic heterocycles. The predicted octanol–water partition coefficient (Wildman–Crippen LogP) is 1.55. The quantitative estimate of drug-likeness (QED) is 0.908. The van der Waals surface area contributed by atoms with Crippen LogP contribution in [0.3, 0.4) is 0 Å². The van der Waals surface area contributed by atoms with Crippen LogP contribution in [0.4, 0.5) is 0 Å². The van der Waals surface area contributed by atoms with E-state index in [2.05, 4.69) is 0 Å². The zero-order valence-electron chi connectivity index (χ0n) is 12.1. The lowest BCUT2D eigenvalue weighted by Crippen LogP contribution is -2.30. The molecule has 1 aliphatic rings. The number of carbonyl (C=O) groups is 1. The predicted molar refractivity (Wildman–Crippen MR) is 75.2 cm³/mol. The Balaban J connectivity index is 2.17. The smallest absolute Gasteiger partial charge is 0.257 e. The minimum absolute atomic E-state index is 0.0624. The highest BCUT2D eigenvalue weighted by Crippen LogP contribution is 2.28. The van der Waals surface area contributed by atoms with Crippen molar-refractivity contribution < 1.29 is 19.4 Å². The van der Waals surface area contributed by atoms with Gasteiger partial charge >= 0.3 is 0 Å². The lowest BCUT2D eigenvalue weighted by molar-refractivity contribution is 0.0759. The number of carbonyl (C=O) groups excluding carboxylic acids is 1. The minimum atomic E-state index is -0.384. The van der Waals surface area contributed by atoms with Gasteiger partial charge in [-0.1, -0.05) is 0 Å². The fraction of sp³-hybridized carbons (Fsp3) is 0.533. The minimum Gasteiger partial charge on any atom is -0.497 e. The maximum Gasteiger partial charge on any atom is 0.257 e. The first kappa shape index (κ1) is 14.7. The Morgan fingerprint density at radius 2 is 2.15 bits per heavy atom.